The maximum absolute atomic E-state index is 12.7. The molecular formula is C21H20N2O2S. The lowest BCUT2D eigenvalue weighted by molar-refractivity contribution is -0.131. The minimum atomic E-state index is 0.141. The highest BCUT2D eigenvalue weighted by Crippen LogP contribution is 2.27. The molecule has 0 fully saturated rings. The molecule has 4 rings (SSSR count). The van der Waals surface area contributed by atoms with Crippen molar-refractivity contribution >= 4 is 17.2 Å². The van der Waals surface area contributed by atoms with Gasteiger partial charge < -0.3 is 9.64 Å². The average molecular weight is 364 g/mol. The van der Waals surface area contributed by atoms with Gasteiger partial charge in [-0.05, 0) is 29.7 Å². The van der Waals surface area contributed by atoms with Crippen LogP contribution in [-0.4, -0.2) is 29.4 Å². The number of aromatic nitrogens is 1. The Balaban J connectivity index is 1.45. The van der Waals surface area contributed by atoms with Gasteiger partial charge in [0, 0.05) is 24.0 Å². The highest BCUT2D eigenvalue weighted by atomic mass is 32.1. The highest BCUT2D eigenvalue weighted by molar-refractivity contribution is 7.13. The number of rotatable bonds is 4. The molecule has 0 bridgehead atoms. The first-order valence-corrected chi connectivity index (χ1v) is 9.54. The molecule has 0 spiro atoms. The molecule has 1 aromatic heterocycles. The van der Waals surface area contributed by atoms with Crippen molar-refractivity contribution in [3.05, 3.63) is 70.7 Å². The molecular weight excluding hydrogens is 344 g/mol. The van der Waals surface area contributed by atoms with Gasteiger partial charge in [-0.1, -0.05) is 36.4 Å². The summed E-state index contributed by atoms with van der Waals surface area (Å²) in [6.45, 7) is 1.48. The third-order valence-electron chi connectivity index (χ3n) is 4.68. The van der Waals surface area contributed by atoms with Crippen molar-refractivity contribution in [1.29, 1.82) is 0 Å². The van der Waals surface area contributed by atoms with Gasteiger partial charge in [0.1, 0.15) is 10.8 Å². The summed E-state index contributed by atoms with van der Waals surface area (Å²) in [5.74, 6) is 0.948. The minimum absolute atomic E-state index is 0.141. The number of methoxy groups -OCH3 is 1. The number of hydrogen-bond donors (Lipinski definition) is 0. The molecule has 132 valence electrons. The van der Waals surface area contributed by atoms with E-state index in [4.69, 9.17) is 4.74 Å². The molecule has 3 aromatic rings. The zero-order valence-electron chi connectivity index (χ0n) is 14.6. The van der Waals surface area contributed by atoms with Gasteiger partial charge in [-0.3, -0.25) is 4.79 Å². The molecule has 5 heteroatoms. The second-order valence-electron chi connectivity index (χ2n) is 6.39. The Morgan fingerprint density at radius 2 is 2.04 bits per heavy atom. The van der Waals surface area contributed by atoms with Crippen LogP contribution in [0.5, 0.6) is 5.75 Å². The molecule has 1 aliphatic heterocycles. The van der Waals surface area contributed by atoms with Gasteiger partial charge in [-0.2, -0.15) is 0 Å². The van der Waals surface area contributed by atoms with Gasteiger partial charge in [-0.15, -0.1) is 11.3 Å². The smallest absolute Gasteiger partial charge is 0.228 e. The summed E-state index contributed by atoms with van der Waals surface area (Å²) < 4.78 is 5.27. The van der Waals surface area contributed by atoms with Crippen molar-refractivity contribution in [2.45, 2.75) is 19.4 Å². The average Bonchev–Trinajstić information content (AvgIpc) is 3.16. The van der Waals surface area contributed by atoms with Crippen molar-refractivity contribution in [2.24, 2.45) is 0 Å². The molecule has 0 saturated heterocycles. The van der Waals surface area contributed by atoms with Gasteiger partial charge in [0.15, 0.2) is 0 Å². The van der Waals surface area contributed by atoms with Crippen LogP contribution >= 0.6 is 11.3 Å². The van der Waals surface area contributed by atoms with Gasteiger partial charge in [0.2, 0.25) is 5.91 Å². The van der Waals surface area contributed by atoms with E-state index in [1.807, 2.05) is 40.6 Å². The summed E-state index contributed by atoms with van der Waals surface area (Å²) in [5, 5.41) is 2.89. The molecule has 2 heterocycles. The summed E-state index contributed by atoms with van der Waals surface area (Å²) >= 11 is 1.56. The van der Waals surface area contributed by atoms with Crippen LogP contribution in [0.3, 0.4) is 0 Å². The first kappa shape index (κ1) is 16.8. The van der Waals surface area contributed by atoms with Crippen LogP contribution < -0.4 is 4.74 Å². The van der Waals surface area contributed by atoms with Crippen LogP contribution in [0.25, 0.3) is 10.6 Å². The third-order valence-corrected chi connectivity index (χ3v) is 5.62. The van der Waals surface area contributed by atoms with Gasteiger partial charge in [-0.25, -0.2) is 4.98 Å². The van der Waals surface area contributed by atoms with Crippen molar-refractivity contribution in [1.82, 2.24) is 9.88 Å². The molecule has 2 aromatic carbocycles. The number of fused-ring (bicyclic) bond motifs is 1. The number of benzene rings is 2. The molecule has 0 saturated carbocycles. The minimum Gasteiger partial charge on any atom is -0.497 e. The van der Waals surface area contributed by atoms with Crippen LogP contribution in [0.2, 0.25) is 0 Å². The number of ether oxygens (including phenoxy) is 1. The largest absolute Gasteiger partial charge is 0.497 e. The standard InChI is InChI=1S/C21H20N2O2S/c1-25-19-8-4-7-16(11-19)21-22-18(14-26-21)12-20(24)23-10-9-15-5-2-3-6-17(15)13-23/h2-8,11,14H,9-10,12-13H2,1H3. The van der Waals surface area contributed by atoms with Crippen molar-refractivity contribution in [3.63, 3.8) is 0 Å². The van der Waals surface area contributed by atoms with Gasteiger partial charge in [0.25, 0.3) is 0 Å². The number of thiazole rings is 1. The van der Waals surface area contributed by atoms with E-state index < -0.39 is 0 Å². The fourth-order valence-electron chi connectivity index (χ4n) is 3.25. The van der Waals surface area contributed by atoms with Crippen LogP contribution in [0, 0.1) is 0 Å². The normalized spacial score (nSPS) is 13.3. The lowest BCUT2D eigenvalue weighted by atomic mass is 10.00. The van der Waals surface area contributed by atoms with Crippen molar-refractivity contribution < 1.29 is 9.53 Å². The summed E-state index contributed by atoms with van der Waals surface area (Å²) in [6.07, 6.45) is 1.27. The van der Waals surface area contributed by atoms with E-state index in [-0.39, 0.29) is 5.91 Å². The fraction of sp³-hybridized carbons (Fsp3) is 0.238. The maximum Gasteiger partial charge on any atom is 0.228 e. The summed E-state index contributed by atoms with van der Waals surface area (Å²) in [4.78, 5) is 19.3. The Hall–Kier alpha value is -2.66. The lowest BCUT2D eigenvalue weighted by Gasteiger charge is -2.28. The fourth-order valence-corrected chi connectivity index (χ4v) is 4.07. The van der Waals surface area contributed by atoms with Gasteiger partial charge >= 0.3 is 0 Å². The molecule has 0 unspecified atom stereocenters. The Kier molecular flexibility index (Phi) is 4.71. The van der Waals surface area contributed by atoms with E-state index in [0.717, 1.165) is 35.0 Å². The topological polar surface area (TPSA) is 42.4 Å². The molecule has 0 aliphatic carbocycles. The van der Waals surface area contributed by atoms with Crippen LogP contribution in [0.15, 0.2) is 53.9 Å². The summed E-state index contributed by atoms with van der Waals surface area (Å²) in [5.41, 5.74) is 4.45. The molecule has 0 atom stereocenters. The number of amides is 1. The Morgan fingerprint density at radius 1 is 1.19 bits per heavy atom. The summed E-state index contributed by atoms with van der Waals surface area (Å²) in [6, 6.07) is 16.2. The number of carbonyl (C=O) groups is 1. The van der Waals surface area contributed by atoms with Crippen molar-refractivity contribution in [2.75, 3.05) is 13.7 Å². The number of hydrogen-bond acceptors (Lipinski definition) is 4. The lowest BCUT2D eigenvalue weighted by Crippen LogP contribution is -2.36. The molecule has 1 aliphatic rings. The SMILES string of the molecule is COc1cccc(-c2nc(CC(=O)N3CCc4ccccc4C3)cs2)c1. The Morgan fingerprint density at radius 3 is 2.88 bits per heavy atom. The Bertz CT molecular complexity index is 935. The first-order valence-electron chi connectivity index (χ1n) is 8.66. The van der Waals surface area contributed by atoms with E-state index in [2.05, 4.69) is 23.2 Å². The van der Waals surface area contributed by atoms with Crippen LogP contribution in [-0.2, 0) is 24.2 Å². The second-order valence-corrected chi connectivity index (χ2v) is 7.24. The molecule has 26 heavy (non-hydrogen) atoms. The zero-order chi connectivity index (χ0) is 17.9. The van der Waals surface area contributed by atoms with E-state index in [9.17, 15) is 4.79 Å². The molecule has 0 radical (unpaired) electrons. The first-order chi connectivity index (χ1) is 12.7. The van der Waals surface area contributed by atoms with Crippen LogP contribution in [0.4, 0.5) is 0 Å². The number of carbonyl (C=O) groups excluding carboxylic acids is 1. The number of nitrogens with zero attached hydrogens (tertiary/aromatic N) is 2. The molecule has 1 amide bonds. The van der Waals surface area contributed by atoms with Crippen molar-refractivity contribution in [3.8, 4) is 16.3 Å². The predicted octanol–water partition coefficient (Wildman–Crippen LogP) is 3.95. The van der Waals surface area contributed by atoms with Gasteiger partial charge in [0.05, 0.1) is 19.2 Å². The zero-order valence-corrected chi connectivity index (χ0v) is 15.5. The monoisotopic (exact) mass is 364 g/mol. The van der Waals surface area contributed by atoms with E-state index in [1.54, 1.807) is 18.4 Å². The maximum atomic E-state index is 12.7. The predicted molar refractivity (Wildman–Crippen MR) is 103 cm³/mol. The van der Waals surface area contributed by atoms with E-state index in [0.29, 0.717) is 13.0 Å². The quantitative estimate of drug-likeness (QED) is 0.704. The molecule has 0 N–H and O–H groups in total. The van der Waals surface area contributed by atoms with E-state index >= 15 is 0 Å². The van der Waals surface area contributed by atoms with E-state index in [1.165, 1.54) is 11.1 Å². The third kappa shape index (κ3) is 3.48. The second kappa shape index (κ2) is 7.30. The summed E-state index contributed by atoms with van der Waals surface area (Å²) in [7, 11) is 1.65. The molecule has 4 nitrogen and oxygen atoms in total. The highest BCUT2D eigenvalue weighted by Gasteiger charge is 2.21. The Labute approximate surface area is 157 Å². The van der Waals surface area contributed by atoms with Crippen LogP contribution in [0.1, 0.15) is 16.8 Å².